The van der Waals surface area contributed by atoms with Gasteiger partial charge in [0.25, 0.3) is 11.8 Å². The van der Waals surface area contributed by atoms with Crippen LogP contribution in [-0.2, 0) is 20.7 Å². The Morgan fingerprint density at radius 3 is 2.10 bits per heavy atom. The number of hydrogen-bond donors (Lipinski definition) is 3. The minimum Gasteiger partial charge on any atom is -0.494 e. The van der Waals surface area contributed by atoms with E-state index in [2.05, 4.69) is 17.6 Å². The van der Waals surface area contributed by atoms with Crippen LogP contribution in [0, 0.1) is 0 Å². The number of carbonyl (C=O) groups is 4. The molecule has 0 aliphatic heterocycles. The Hall–Kier alpha value is -5.68. The monoisotopic (exact) mass is 696 g/mol. The Balaban J connectivity index is 1.32. The highest BCUT2D eigenvalue weighted by molar-refractivity contribution is 5.98. The van der Waals surface area contributed by atoms with Crippen LogP contribution < -0.4 is 24.8 Å². The minimum absolute atomic E-state index is 0.0717. The summed E-state index contributed by atoms with van der Waals surface area (Å²) < 4.78 is 22.1. The first kappa shape index (κ1) is 38.1. The maximum absolute atomic E-state index is 13.0. The molecule has 0 saturated carbocycles. The van der Waals surface area contributed by atoms with E-state index in [1.54, 1.807) is 60.7 Å². The van der Waals surface area contributed by atoms with Crippen LogP contribution in [0.15, 0.2) is 97.1 Å². The summed E-state index contributed by atoms with van der Waals surface area (Å²) in [5.41, 5.74) is 2.18. The number of esters is 1. The van der Waals surface area contributed by atoms with Crippen molar-refractivity contribution in [1.82, 2.24) is 5.32 Å². The van der Waals surface area contributed by atoms with Crippen molar-refractivity contribution in [3.05, 3.63) is 119 Å². The maximum atomic E-state index is 13.0. The van der Waals surface area contributed by atoms with Gasteiger partial charge in [-0.2, -0.15) is 0 Å². The molecular formula is C40H44N2O9. The maximum Gasteiger partial charge on any atom is 0.343 e. The number of carboxylic acid groups (broad SMARTS) is 1. The van der Waals surface area contributed by atoms with Crippen molar-refractivity contribution < 1.29 is 43.2 Å². The predicted molar refractivity (Wildman–Crippen MR) is 193 cm³/mol. The SMILES string of the molecule is CCCCCCCOc1ccc(C(=O)Oc2ccc(CC(NC(=O)c3ccc(NC(=O)[C@H](OC)c4ccccc4)cc3)C(=O)O)cc2OC)cc1. The first-order chi connectivity index (χ1) is 24.7. The van der Waals surface area contributed by atoms with Gasteiger partial charge in [0.15, 0.2) is 17.6 Å². The zero-order valence-electron chi connectivity index (χ0n) is 29.1. The van der Waals surface area contributed by atoms with Crippen LogP contribution >= 0.6 is 0 Å². The highest BCUT2D eigenvalue weighted by atomic mass is 16.6. The Bertz CT molecular complexity index is 1740. The van der Waals surface area contributed by atoms with E-state index in [0.29, 0.717) is 34.7 Å². The van der Waals surface area contributed by atoms with Crippen LogP contribution in [0.4, 0.5) is 5.69 Å². The third kappa shape index (κ3) is 11.4. The van der Waals surface area contributed by atoms with Crippen LogP contribution in [0.25, 0.3) is 0 Å². The fourth-order valence-corrected chi connectivity index (χ4v) is 5.28. The lowest BCUT2D eigenvalue weighted by Gasteiger charge is -2.17. The molecule has 3 N–H and O–H groups in total. The van der Waals surface area contributed by atoms with Crippen molar-refractivity contribution in [1.29, 1.82) is 0 Å². The molecule has 0 spiro atoms. The molecule has 2 atom stereocenters. The lowest BCUT2D eigenvalue weighted by atomic mass is 10.0. The second-order valence-corrected chi connectivity index (χ2v) is 11.8. The fraction of sp³-hybridized carbons (Fsp3) is 0.300. The number of aliphatic carboxylic acids is 1. The van der Waals surface area contributed by atoms with E-state index >= 15 is 0 Å². The molecule has 0 aliphatic carbocycles. The highest BCUT2D eigenvalue weighted by Gasteiger charge is 2.23. The summed E-state index contributed by atoms with van der Waals surface area (Å²) >= 11 is 0. The molecule has 4 aromatic rings. The topological polar surface area (TPSA) is 149 Å². The van der Waals surface area contributed by atoms with Gasteiger partial charge in [-0.25, -0.2) is 9.59 Å². The first-order valence-corrected chi connectivity index (χ1v) is 16.9. The molecular weight excluding hydrogens is 652 g/mol. The zero-order chi connectivity index (χ0) is 36.6. The summed E-state index contributed by atoms with van der Waals surface area (Å²) in [4.78, 5) is 50.8. The molecule has 268 valence electrons. The van der Waals surface area contributed by atoms with Crippen LogP contribution in [0.3, 0.4) is 0 Å². The number of carbonyl (C=O) groups excluding carboxylic acids is 3. The molecule has 11 heteroatoms. The highest BCUT2D eigenvalue weighted by Crippen LogP contribution is 2.30. The Morgan fingerprint density at radius 1 is 0.765 bits per heavy atom. The van der Waals surface area contributed by atoms with Gasteiger partial charge < -0.3 is 34.7 Å². The third-order valence-electron chi connectivity index (χ3n) is 8.07. The standard InChI is InChI=1S/C40H44N2O9/c1-4-5-6-7-11-24-50-32-21-17-30(18-22-32)40(47)51-34-23-14-27(26-35(34)48-2)25-33(39(45)46)42-37(43)29-15-19-31(20-16-29)41-38(44)36(49-3)28-12-9-8-10-13-28/h8-10,12-23,26,33,36H,4-7,11,24-25H2,1-3H3,(H,41,44)(H,42,43)(H,45,46)/t33?,36-/m1/s1. The normalized spacial score (nSPS) is 11.9. The first-order valence-electron chi connectivity index (χ1n) is 16.9. The number of nitrogens with one attached hydrogen (secondary N) is 2. The van der Waals surface area contributed by atoms with Gasteiger partial charge in [-0.3, -0.25) is 9.59 Å². The largest absolute Gasteiger partial charge is 0.494 e. The molecule has 4 rings (SSSR count). The second-order valence-electron chi connectivity index (χ2n) is 11.8. The second kappa shape index (κ2) is 19.5. The molecule has 2 amide bonds. The number of anilines is 1. The van der Waals surface area contributed by atoms with E-state index in [9.17, 15) is 24.3 Å². The van der Waals surface area contributed by atoms with Gasteiger partial charge in [0.1, 0.15) is 11.8 Å². The summed E-state index contributed by atoms with van der Waals surface area (Å²) in [6.07, 6.45) is 4.80. The van der Waals surface area contributed by atoms with Crippen molar-refractivity contribution in [2.24, 2.45) is 0 Å². The lowest BCUT2D eigenvalue weighted by Crippen LogP contribution is -2.42. The van der Waals surface area contributed by atoms with E-state index in [-0.39, 0.29) is 29.4 Å². The van der Waals surface area contributed by atoms with E-state index in [0.717, 1.165) is 12.8 Å². The van der Waals surface area contributed by atoms with Gasteiger partial charge in [0.2, 0.25) is 0 Å². The van der Waals surface area contributed by atoms with Gasteiger partial charge in [0.05, 0.1) is 19.3 Å². The number of benzene rings is 4. The predicted octanol–water partition coefficient (Wildman–Crippen LogP) is 7.02. The van der Waals surface area contributed by atoms with Crippen molar-refractivity contribution in [3.8, 4) is 17.2 Å². The average Bonchev–Trinajstić information content (AvgIpc) is 3.14. The average molecular weight is 697 g/mol. The molecule has 0 fully saturated rings. The molecule has 0 aromatic heterocycles. The summed E-state index contributed by atoms with van der Waals surface area (Å²) in [5, 5.41) is 15.2. The Kier molecular flexibility index (Phi) is 14.6. The van der Waals surface area contributed by atoms with Crippen molar-refractivity contribution in [2.45, 2.75) is 57.6 Å². The van der Waals surface area contributed by atoms with Gasteiger partial charge >= 0.3 is 11.9 Å². The molecule has 0 bridgehead atoms. The number of methoxy groups -OCH3 is 2. The van der Waals surface area contributed by atoms with Gasteiger partial charge in [-0.15, -0.1) is 0 Å². The molecule has 0 aliphatic rings. The summed E-state index contributed by atoms with van der Waals surface area (Å²) in [6.45, 7) is 2.79. The Labute approximate surface area is 297 Å². The minimum atomic E-state index is -1.28. The van der Waals surface area contributed by atoms with E-state index < -0.39 is 30.0 Å². The van der Waals surface area contributed by atoms with Crippen molar-refractivity contribution in [2.75, 3.05) is 26.1 Å². The third-order valence-corrected chi connectivity index (χ3v) is 8.07. The number of ether oxygens (including phenoxy) is 4. The van der Waals surface area contributed by atoms with Gasteiger partial charge in [-0.1, -0.05) is 69.0 Å². The fourth-order valence-electron chi connectivity index (χ4n) is 5.28. The number of unbranched alkanes of at least 4 members (excludes halogenated alkanes) is 4. The Morgan fingerprint density at radius 2 is 1.45 bits per heavy atom. The van der Waals surface area contributed by atoms with Gasteiger partial charge in [0, 0.05) is 24.8 Å². The van der Waals surface area contributed by atoms with E-state index in [1.165, 1.54) is 51.7 Å². The van der Waals surface area contributed by atoms with Crippen LogP contribution in [0.1, 0.15) is 77.0 Å². The quantitative estimate of drug-likeness (QED) is 0.0534. The van der Waals surface area contributed by atoms with E-state index in [4.69, 9.17) is 18.9 Å². The van der Waals surface area contributed by atoms with Crippen LogP contribution in [0.2, 0.25) is 0 Å². The van der Waals surface area contributed by atoms with Crippen LogP contribution in [-0.4, -0.2) is 55.7 Å². The smallest absolute Gasteiger partial charge is 0.343 e. The lowest BCUT2D eigenvalue weighted by molar-refractivity contribution is -0.139. The zero-order valence-corrected chi connectivity index (χ0v) is 29.1. The number of rotatable bonds is 19. The summed E-state index contributed by atoms with van der Waals surface area (Å²) in [5.74, 6) is -1.78. The van der Waals surface area contributed by atoms with Crippen molar-refractivity contribution in [3.63, 3.8) is 0 Å². The molecule has 11 nitrogen and oxygen atoms in total. The van der Waals surface area contributed by atoms with E-state index in [1.807, 2.05) is 18.2 Å². The van der Waals surface area contributed by atoms with Crippen LogP contribution in [0.5, 0.6) is 17.2 Å². The summed E-state index contributed by atoms with van der Waals surface area (Å²) in [6, 6.07) is 25.2. The molecule has 51 heavy (non-hydrogen) atoms. The molecule has 0 radical (unpaired) electrons. The van der Waals surface area contributed by atoms with Crippen molar-refractivity contribution >= 4 is 29.4 Å². The molecule has 4 aromatic carbocycles. The number of hydrogen-bond acceptors (Lipinski definition) is 8. The summed E-state index contributed by atoms with van der Waals surface area (Å²) in [7, 11) is 2.85. The molecule has 0 saturated heterocycles. The number of amides is 2. The van der Waals surface area contributed by atoms with Gasteiger partial charge in [-0.05, 0) is 78.2 Å². The number of carboxylic acids is 1. The molecule has 0 heterocycles. The molecule has 1 unspecified atom stereocenters.